The average Bonchev–Trinajstić information content (AvgIpc) is 2.99. The Morgan fingerprint density at radius 1 is 0.792 bits per heavy atom. The lowest BCUT2D eigenvalue weighted by molar-refractivity contribution is -0.434. The monoisotopic (exact) mass is 768 g/mol. The van der Waals surface area contributed by atoms with Crippen LogP contribution in [0.15, 0.2) is 100 Å². The quantitative estimate of drug-likeness (QED) is 0.0206. The zero-order valence-electron chi connectivity index (χ0n) is 24.1. The highest BCUT2D eigenvalue weighted by atomic mass is 32.2. The lowest BCUT2D eigenvalue weighted by Crippen LogP contribution is -2.07. The number of nitrogens with two attached hydrogens (primary N) is 2. The van der Waals surface area contributed by atoms with Crippen molar-refractivity contribution in [3.63, 3.8) is 0 Å². The number of rotatable bonds is 15. The van der Waals surface area contributed by atoms with Crippen LogP contribution < -0.4 is 11.5 Å². The van der Waals surface area contributed by atoms with Gasteiger partial charge < -0.3 is 15.7 Å². The Morgan fingerprint density at radius 2 is 1.38 bits per heavy atom. The van der Waals surface area contributed by atoms with Crippen LogP contribution in [0.2, 0.25) is 0 Å². The van der Waals surface area contributed by atoms with Crippen molar-refractivity contribution in [2.45, 2.75) is 32.9 Å². The van der Waals surface area contributed by atoms with Gasteiger partial charge in [0.25, 0.3) is 32.6 Å². The molecule has 0 aromatic heterocycles. The fraction of sp³-hybridized carbons (Fsp3) is 0.130. The van der Waals surface area contributed by atoms with Gasteiger partial charge in [-0.25, -0.2) is 22.1 Å². The third kappa shape index (κ3) is 9.09. The van der Waals surface area contributed by atoms with Crippen molar-refractivity contribution in [3.05, 3.63) is 60.2 Å². The van der Waals surface area contributed by atoms with E-state index in [1.54, 1.807) is 6.92 Å². The Kier molecular flexibility index (Phi) is 12.0. The Morgan fingerprint density at radius 3 is 1.94 bits per heavy atom. The van der Waals surface area contributed by atoms with Gasteiger partial charge in [0.05, 0.1) is 32.6 Å². The first kappa shape index (κ1) is 38.4. The number of hydrogen-bond acceptors (Lipinski definition) is 19. The number of anilines is 2. The molecule has 0 bridgehead atoms. The first-order valence-electron chi connectivity index (χ1n) is 12.5. The standard InChI is InChI=1S/C23H24N6O14S5/c1-3-10-45(31,32)15-6-4-14(5-7-15)26-29-23-21(24)18(12-20(22(23)25)48(38,39)40)28-27-17-9-8-16(11-19(17)47(35,36)37)46(33,34)13(2)41-44-43-42-30/h4-9,11-12,30H,2-3,10,24-25H2,1H3,(H,35,36,37)(H,38,39,40). The maximum absolute atomic E-state index is 12.7. The smallest absolute Gasteiger partial charge is 0.296 e. The van der Waals surface area contributed by atoms with Gasteiger partial charge in [-0.05, 0) is 61.5 Å². The predicted molar refractivity (Wildman–Crippen MR) is 168 cm³/mol. The molecule has 7 N–H and O–H groups in total. The molecule has 0 aliphatic carbocycles. The summed E-state index contributed by atoms with van der Waals surface area (Å²) in [6.07, 6.45) is 0.390. The number of sulfone groups is 2. The van der Waals surface area contributed by atoms with Gasteiger partial charge in [-0.3, -0.25) is 9.11 Å². The fourth-order valence-electron chi connectivity index (χ4n) is 3.58. The zero-order chi connectivity index (χ0) is 36.1. The van der Waals surface area contributed by atoms with E-state index >= 15 is 0 Å². The summed E-state index contributed by atoms with van der Waals surface area (Å²) in [4.78, 5) is -2.81. The summed E-state index contributed by atoms with van der Waals surface area (Å²) in [5, 5.41) is 25.4. The molecule has 0 amide bonds. The summed E-state index contributed by atoms with van der Waals surface area (Å²) in [7, 11) is -18.5. The second-order valence-corrected chi connectivity index (χ2v) is 16.3. The molecule has 0 heterocycles. The summed E-state index contributed by atoms with van der Waals surface area (Å²) in [6, 6.07) is 7.87. The molecule has 0 fully saturated rings. The van der Waals surface area contributed by atoms with E-state index in [0.717, 1.165) is 12.1 Å². The van der Waals surface area contributed by atoms with Gasteiger partial charge in [-0.2, -0.15) is 21.9 Å². The molecule has 25 heteroatoms. The second kappa shape index (κ2) is 15.0. The van der Waals surface area contributed by atoms with E-state index in [4.69, 9.17) is 16.7 Å². The van der Waals surface area contributed by atoms with Crippen LogP contribution in [0.1, 0.15) is 13.3 Å². The van der Waals surface area contributed by atoms with Crippen LogP contribution in [-0.2, 0) is 53.5 Å². The van der Waals surface area contributed by atoms with Crippen LogP contribution in [0.5, 0.6) is 0 Å². The predicted octanol–water partition coefficient (Wildman–Crippen LogP) is 4.60. The summed E-state index contributed by atoms with van der Waals surface area (Å²) >= 11 is -0.157. The fourth-order valence-corrected chi connectivity index (χ4v) is 7.62. The molecule has 0 aliphatic rings. The van der Waals surface area contributed by atoms with E-state index in [1.807, 2.05) is 0 Å². The summed E-state index contributed by atoms with van der Waals surface area (Å²) < 4.78 is 126. The minimum absolute atomic E-state index is 0.0216. The molecule has 0 unspecified atom stereocenters. The maximum Gasteiger partial charge on any atom is 0.296 e. The van der Waals surface area contributed by atoms with E-state index in [-0.39, 0.29) is 28.7 Å². The van der Waals surface area contributed by atoms with E-state index in [2.05, 4.69) is 40.6 Å². The van der Waals surface area contributed by atoms with E-state index in [1.165, 1.54) is 24.3 Å². The van der Waals surface area contributed by atoms with Crippen molar-refractivity contribution in [2.75, 3.05) is 17.2 Å². The van der Waals surface area contributed by atoms with Crippen molar-refractivity contribution in [2.24, 2.45) is 20.5 Å². The van der Waals surface area contributed by atoms with Crippen LogP contribution in [0.3, 0.4) is 0 Å². The molecule has 0 aliphatic heterocycles. The number of nitrogens with zero attached hydrogens (tertiary/aromatic N) is 4. The van der Waals surface area contributed by atoms with Gasteiger partial charge in [-0.1, -0.05) is 16.3 Å². The summed E-state index contributed by atoms with van der Waals surface area (Å²) in [5.74, 6) is -0.0856. The minimum atomic E-state index is -5.21. The van der Waals surface area contributed by atoms with E-state index < -0.39 is 88.1 Å². The molecule has 260 valence electrons. The van der Waals surface area contributed by atoms with E-state index in [9.17, 15) is 42.8 Å². The lowest BCUT2D eigenvalue weighted by Gasteiger charge is -2.11. The number of benzene rings is 3. The summed E-state index contributed by atoms with van der Waals surface area (Å²) in [5.41, 5.74) is 9.11. The van der Waals surface area contributed by atoms with Crippen molar-refractivity contribution in [1.82, 2.24) is 0 Å². The lowest BCUT2D eigenvalue weighted by atomic mass is 10.2. The van der Waals surface area contributed by atoms with Crippen LogP contribution in [0.25, 0.3) is 0 Å². The second-order valence-electron chi connectivity index (χ2n) is 9.03. The molecule has 48 heavy (non-hydrogen) atoms. The largest absolute Gasteiger partial charge is 0.396 e. The van der Waals surface area contributed by atoms with E-state index in [0.29, 0.717) is 18.6 Å². The molecule has 3 aromatic rings. The van der Waals surface area contributed by atoms with Crippen LogP contribution >= 0.6 is 12.3 Å². The molecular weight excluding hydrogens is 745 g/mol. The maximum atomic E-state index is 12.7. The average molecular weight is 769 g/mol. The Bertz CT molecular complexity index is 2220. The first-order chi connectivity index (χ1) is 22.2. The van der Waals surface area contributed by atoms with Gasteiger partial charge >= 0.3 is 0 Å². The first-order valence-corrected chi connectivity index (χ1v) is 19.1. The van der Waals surface area contributed by atoms with Gasteiger partial charge in [-0.15, -0.1) is 15.3 Å². The van der Waals surface area contributed by atoms with Crippen molar-refractivity contribution >= 4 is 86.4 Å². The highest BCUT2D eigenvalue weighted by Gasteiger charge is 2.27. The van der Waals surface area contributed by atoms with Crippen LogP contribution in [0, 0.1) is 0 Å². The Hall–Kier alpha value is -4.05. The minimum Gasteiger partial charge on any atom is -0.396 e. The van der Waals surface area contributed by atoms with Crippen LogP contribution in [0.4, 0.5) is 34.1 Å². The molecule has 3 rings (SSSR count). The molecule has 0 saturated heterocycles. The molecule has 3 aromatic carbocycles. The van der Waals surface area contributed by atoms with Gasteiger partial charge in [0.1, 0.15) is 26.9 Å². The molecule has 0 radical (unpaired) electrons. The number of nitrogen functional groups attached to an aromatic ring is 2. The third-order valence-corrected chi connectivity index (χ3v) is 11.6. The zero-order valence-corrected chi connectivity index (χ0v) is 28.1. The van der Waals surface area contributed by atoms with Gasteiger partial charge in [0.2, 0.25) is 14.9 Å². The molecule has 0 saturated carbocycles. The highest BCUT2D eigenvalue weighted by Crippen LogP contribution is 2.43. The summed E-state index contributed by atoms with van der Waals surface area (Å²) in [6.45, 7) is 4.83. The molecular formula is C23H24N6O14S5. The SMILES string of the molecule is C=C(OSOOO)S(=O)(=O)c1ccc(N=Nc2cc(S(=O)(=O)O)c(N)c(N=Nc3ccc(S(=O)(=O)CCC)cc3)c2N)c(S(=O)(=O)O)c1. The third-order valence-electron chi connectivity index (χ3n) is 5.80. The molecule has 20 nitrogen and oxygen atoms in total. The number of hydrogen-bond donors (Lipinski definition) is 5. The molecule has 0 atom stereocenters. The van der Waals surface area contributed by atoms with Crippen molar-refractivity contribution in [1.29, 1.82) is 0 Å². The molecule has 0 spiro atoms. The van der Waals surface area contributed by atoms with Gasteiger partial charge in [0, 0.05) is 0 Å². The highest BCUT2D eigenvalue weighted by molar-refractivity contribution is 7.96. The van der Waals surface area contributed by atoms with Crippen LogP contribution in [-0.4, -0.2) is 53.8 Å². The van der Waals surface area contributed by atoms with Crippen molar-refractivity contribution < 1.29 is 61.6 Å². The number of azo groups is 2. The van der Waals surface area contributed by atoms with Gasteiger partial charge in [0.15, 0.2) is 9.84 Å². The topological polar surface area (TPSA) is 326 Å². The normalized spacial score (nSPS) is 12.9. The Balaban J connectivity index is 2.10. The Labute approximate surface area is 277 Å². The van der Waals surface area contributed by atoms with Crippen molar-refractivity contribution in [3.8, 4) is 0 Å².